The van der Waals surface area contributed by atoms with Crippen LogP contribution in [0, 0.1) is 5.92 Å². The van der Waals surface area contributed by atoms with Crippen molar-refractivity contribution in [3.05, 3.63) is 12.7 Å². The molecule has 0 N–H and O–H groups in total. The molecule has 0 radical (unpaired) electrons. The molecule has 0 amide bonds. The smallest absolute Gasteiger partial charge is 0.135 e. The largest absolute Gasteiger partial charge is 0.299 e. The fraction of sp³-hybridized carbons (Fsp3) is 0.750. The lowest BCUT2D eigenvalue weighted by molar-refractivity contribution is -0.123. The van der Waals surface area contributed by atoms with E-state index in [0.29, 0.717) is 11.7 Å². The van der Waals surface area contributed by atoms with E-state index in [4.69, 9.17) is 0 Å². The van der Waals surface area contributed by atoms with E-state index in [9.17, 15) is 4.79 Å². The van der Waals surface area contributed by atoms with Crippen molar-refractivity contribution in [2.75, 3.05) is 0 Å². The molecule has 0 aliphatic carbocycles. The summed E-state index contributed by atoms with van der Waals surface area (Å²) in [6.45, 7) is 7.89. The van der Waals surface area contributed by atoms with E-state index in [1.54, 1.807) is 0 Å². The molecule has 1 nitrogen and oxygen atoms in total. The van der Waals surface area contributed by atoms with Crippen molar-refractivity contribution >= 4 is 5.78 Å². The van der Waals surface area contributed by atoms with Gasteiger partial charge in [-0.3, -0.25) is 4.79 Å². The van der Waals surface area contributed by atoms with E-state index in [-0.39, 0.29) is 0 Å². The SMILES string of the molecule is C=CCCCC(=O)C(CC)CCC. The quantitative estimate of drug-likeness (QED) is 0.413. The summed E-state index contributed by atoms with van der Waals surface area (Å²) >= 11 is 0. The number of allylic oxidation sites excluding steroid dienone is 1. The minimum Gasteiger partial charge on any atom is -0.299 e. The van der Waals surface area contributed by atoms with Gasteiger partial charge >= 0.3 is 0 Å². The van der Waals surface area contributed by atoms with Gasteiger partial charge in [-0.05, 0) is 25.7 Å². The van der Waals surface area contributed by atoms with Crippen LogP contribution < -0.4 is 0 Å². The molecule has 0 bridgehead atoms. The molecule has 0 aromatic carbocycles. The van der Waals surface area contributed by atoms with Crippen LogP contribution in [0.4, 0.5) is 0 Å². The normalized spacial score (nSPS) is 12.5. The highest BCUT2D eigenvalue weighted by Gasteiger charge is 2.13. The second kappa shape index (κ2) is 8.03. The van der Waals surface area contributed by atoms with E-state index < -0.39 is 0 Å². The summed E-state index contributed by atoms with van der Waals surface area (Å²) in [6.07, 6.45) is 7.74. The Morgan fingerprint density at radius 2 is 2.15 bits per heavy atom. The van der Waals surface area contributed by atoms with Gasteiger partial charge in [-0.1, -0.05) is 26.3 Å². The fourth-order valence-electron chi connectivity index (χ4n) is 1.57. The lowest BCUT2D eigenvalue weighted by atomic mass is 9.93. The van der Waals surface area contributed by atoms with Crippen molar-refractivity contribution in [1.29, 1.82) is 0 Å². The molecule has 0 saturated carbocycles. The predicted octanol–water partition coefficient (Wildman–Crippen LogP) is 3.74. The summed E-state index contributed by atoms with van der Waals surface area (Å²) in [4.78, 5) is 11.6. The molecule has 0 aromatic heterocycles. The van der Waals surface area contributed by atoms with Crippen LogP contribution in [-0.4, -0.2) is 5.78 Å². The van der Waals surface area contributed by atoms with Crippen molar-refractivity contribution in [2.24, 2.45) is 5.92 Å². The summed E-state index contributed by atoms with van der Waals surface area (Å²) in [7, 11) is 0. The zero-order valence-corrected chi connectivity index (χ0v) is 9.01. The highest BCUT2D eigenvalue weighted by Crippen LogP contribution is 2.15. The molecule has 0 fully saturated rings. The average Bonchev–Trinajstić information content (AvgIpc) is 2.14. The molecule has 0 aromatic rings. The lowest BCUT2D eigenvalue weighted by Gasteiger charge is -2.11. The maximum absolute atomic E-state index is 11.6. The first-order chi connectivity index (χ1) is 6.26. The highest BCUT2D eigenvalue weighted by molar-refractivity contribution is 5.80. The average molecular weight is 182 g/mol. The highest BCUT2D eigenvalue weighted by atomic mass is 16.1. The Bertz CT molecular complexity index is 149. The third-order valence-corrected chi connectivity index (χ3v) is 2.42. The van der Waals surface area contributed by atoms with Crippen LogP contribution in [-0.2, 0) is 4.79 Å². The van der Waals surface area contributed by atoms with E-state index in [2.05, 4.69) is 20.4 Å². The number of carbonyl (C=O) groups is 1. The first-order valence-corrected chi connectivity index (χ1v) is 5.39. The van der Waals surface area contributed by atoms with Crippen LogP contribution >= 0.6 is 0 Å². The summed E-state index contributed by atoms with van der Waals surface area (Å²) < 4.78 is 0. The second-order valence-electron chi connectivity index (χ2n) is 3.54. The molecule has 0 aliphatic heterocycles. The monoisotopic (exact) mass is 182 g/mol. The second-order valence-corrected chi connectivity index (χ2v) is 3.54. The maximum atomic E-state index is 11.6. The Hall–Kier alpha value is -0.590. The Balaban J connectivity index is 3.70. The van der Waals surface area contributed by atoms with Gasteiger partial charge in [0.1, 0.15) is 5.78 Å². The zero-order chi connectivity index (χ0) is 10.1. The third-order valence-electron chi connectivity index (χ3n) is 2.42. The Morgan fingerprint density at radius 3 is 2.62 bits per heavy atom. The van der Waals surface area contributed by atoms with Crippen LogP contribution in [0.15, 0.2) is 12.7 Å². The minimum absolute atomic E-state index is 0.315. The van der Waals surface area contributed by atoms with Gasteiger partial charge in [-0.25, -0.2) is 0 Å². The van der Waals surface area contributed by atoms with Gasteiger partial charge in [0.25, 0.3) is 0 Å². The van der Waals surface area contributed by atoms with Crippen molar-refractivity contribution in [3.8, 4) is 0 Å². The van der Waals surface area contributed by atoms with E-state index in [0.717, 1.165) is 38.5 Å². The van der Waals surface area contributed by atoms with Crippen LogP contribution in [0.2, 0.25) is 0 Å². The van der Waals surface area contributed by atoms with Crippen molar-refractivity contribution in [2.45, 2.75) is 52.4 Å². The molecule has 1 atom stereocenters. The molecule has 0 heterocycles. The third kappa shape index (κ3) is 5.62. The Kier molecular flexibility index (Phi) is 7.66. The number of ketones is 1. The Morgan fingerprint density at radius 1 is 1.46 bits per heavy atom. The zero-order valence-electron chi connectivity index (χ0n) is 9.01. The first-order valence-electron chi connectivity index (χ1n) is 5.39. The van der Waals surface area contributed by atoms with Crippen LogP contribution in [0.1, 0.15) is 52.4 Å². The van der Waals surface area contributed by atoms with Crippen LogP contribution in [0.5, 0.6) is 0 Å². The summed E-state index contributed by atoms with van der Waals surface area (Å²) in [5.74, 6) is 0.765. The van der Waals surface area contributed by atoms with Gasteiger partial charge in [0, 0.05) is 12.3 Å². The molecule has 76 valence electrons. The summed E-state index contributed by atoms with van der Waals surface area (Å²) in [5, 5.41) is 0. The number of hydrogen-bond donors (Lipinski definition) is 0. The number of rotatable bonds is 8. The number of Topliss-reactive ketones (excluding diaryl/α,β-unsaturated/α-hetero) is 1. The summed E-state index contributed by atoms with van der Waals surface area (Å²) in [5.41, 5.74) is 0. The van der Waals surface area contributed by atoms with Crippen molar-refractivity contribution in [1.82, 2.24) is 0 Å². The van der Waals surface area contributed by atoms with Gasteiger partial charge in [-0.15, -0.1) is 6.58 Å². The fourth-order valence-corrected chi connectivity index (χ4v) is 1.57. The Labute approximate surface area is 82.2 Å². The van der Waals surface area contributed by atoms with E-state index in [1.165, 1.54) is 0 Å². The van der Waals surface area contributed by atoms with E-state index in [1.807, 2.05) is 6.08 Å². The van der Waals surface area contributed by atoms with Gasteiger partial charge in [0.05, 0.1) is 0 Å². The molecule has 0 saturated heterocycles. The molecule has 0 rings (SSSR count). The van der Waals surface area contributed by atoms with Gasteiger partial charge in [0.15, 0.2) is 0 Å². The molecular formula is C12H22O. The topological polar surface area (TPSA) is 17.1 Å². The molecule has 13 heavy (non-hydrogen) atoms. The van der Waals surface area contributed by atoms with Crippen molar-refractivity contribution in [3.63, 3.8) is 0 Å². The minimum atomic E-state index is 0.315. The number of carbonyl (C=O) groups excluding carboxylic acids is 1. The first kappa shape index (κ1) is 12.4. The van der Waals surface area contributed by atoms with Crippen LogP contribution in [0.3, 0.4) is 0 Å². The summed E-state index contributed by atoms with van der Waals surface area (Å²) in [6, 6.07) is 0. The maximum Gasteiger partial charge on any atom is 0.135 e. The molecule has 0 aliphatic rings. The molecular weight excluding hydrogens is 160 g/mol. The lowest BCUT2D eigenvalue weighted by Crippen LogP contribution is -2.12. The predicted molar refractivity (Wildman–Crippen MR) is 57.7 cm³/mol. The molecule has 1 unspecified atom stereocenters. The van der Waals surface area contributed by atoms with Crippen molar-refractivity contribution < 1.29 is 4.79 Å². The van der Waals surface area contributed by atoms with Gasteiger partial charge < -0.3 is 0 Å². The molecule has 0 spiro atoms. The van der Waals surface area contributed by atoms with Crippen LogP contribution in [0.25, 0.3) is 0 Å². The van der Waals surface area contributed by atoms with Gasteiger partial charge in [-0.2, -0.15) is 0 Å². The number of hydrogen-bond acceptors (Lipinski definition) is 1. The van der Waals surface area contributed by atoms with E-state index >= 15 is 0 Å². The standard InChI is InChI=1S/C12H22O/c1-4-7-8-10-12(13)11(6-3)9-5-2/h4,11H,1,5-10H2,2-3H3. The molecule has 1 heteroatoms. The number of unbranched alkanes of at least 4 members (excludes halogenated alkanes) is 1. The van der Waals surface area contributed by atoms with Gasteiger partial charge in [0.2, 0.25) is 0 Å².